The van der Waals surface area contributed by atoms with E-state index < -0.39 is 0 Å². The van der Waals surface area contributed by atoms with Gasteiger partial charge in [-0.3, -0.25) is 0 Å². The predicted molar refractivity (Wildman–Crippen MR) is 69.5 cm³/mol. The number of H-pyrrole nitrogens is 1. The van der Waals surface area contributed by atoms with E-state index in [2.05, 4.69) is 48.4 Å². The standard InChI is InChI=1S/C14H20N2/c1-3-13(4-2)16-10-11-5-6-12-7-8-15-14(12)9-11/h5-9,13,15-16H,3-4,10H2,1-2H3. The summed E-state index contributed by atoms with van der Waals surface area (Å²) in [6, 6.07) is 9.35. The molecule has 1 aromatic carbocycles. The molecule has 0 atom stereocenters. The Hall–Kier alpha value is -1.28. The van der Waals surface area contributed by atoms with Crippen molar-refractivity contribution in [2.75, 3.05) is 0 Å². The Kier molecular flexibility index (Phi) is 3.62. The van der Waals surface area contributed by atoms with Gasteiger partial charge in [0.15, 0.2) is 0 Å². The molecular weight excluding hydrogens is 196 g/mol. The minimum absolute atomic E-state index is 0.638. The average molecular weight is 216 g/mol. The number of rotatable bonds is 5. The minimum atomic E-state index is 0.638. The molecule has 2 aromatic rings. The van der Waals surface area contributed by atoms with E-state index in [0.717, 1.165) is 6.54 Å². The van der Waals surface area contributed by atoms with E-state index in [-0.39, 0.29) is 0 Å². The van der Waals surface area contributed by atoms with Crippen molar-refractivity contribution in [1.29, 1.82) is 0 Å². The number of fused-ring (bicyclic) bond motifs is 1. The molecule has 2 nitrogen and oxygen atoms in total. The first kappa shape index (κ1) is 11.2. The molecule has 0 bridgehead atoms. The smallest absolute Gasteiger partial charge is 0.0457 e. The van der Waals surface area contributed by atoms with Crippen molar-refractivity contribution < 1.29 is 0 Å². The highest BCUT2D eigenvalue weighted by molar-refractivity contribution is 5.79. The topological polar surface area (TPSA) is 27.8 Å². The predicted octanol–water partition coefficient (Wildman–Crippen LogP) is 3.45. The van der Waals surface area contributed by atoms with Crippen LogP contribution in [0.3, 0.4) is 0 Å². The molecule has 0 saturated carbocycles. The van der Waals surface area contributed by atoms with E-state index in [4.69, 9.17) is 0 Å². The molecule has 0 unspecified atom stereocenters. The van der Waals surface area contributed by atoms with Gasteiger partial charge in [-0.05, 0) is 35.9 Å². The van der Waals surface area contributed by atoms with Gasteiger partial charge in [-0.2, -0.15) is 0 Å². The summed E-state index contributed by atoms with van der Waals surface area (Å²) >= 11 is 0. The van der Waals surface area contributed by atoms with Crippen molar-refractivity contribution in [3.8, 4) is 0 Å². The summed E-state index contributed by atoms with van der Waals surface area (Å²) < 4.78 is 0. The fourth-order valence-electron chi connectivity index (χ4n) is 2.04. The second kappa shape index (κ2) is 5.17. The van der Waals surface area contributed by atoms with Crippen LogP contribution >= 0.6 is 0 Å². The van der Waals surface area contributed by atoms with Crippen molar-refractivity contribution in [3.63, 3.8) is 0 Å². The maximum Gasteiger partial charge on any atom is 0.0457 e. The van der Waals surface area contributed by atoms with Gasteiger partial charge in [-0.15, -0.1) is 0 Å². The molecule has 0 fully saturated rings. The first-order valence-electron chi connectivity index (χ1n) is 6.13. The first-order chi connectivity index (χ1) is 7.83. The Balaban J connectivity index is 2.03. The molecule has 1 heterocycles. The van der Waals surface area contributed by atoms with Crippen LogP contribution in [-0.2, 0) is 6.54 Å². The Morgan fingerprint density at radius 1 is 1.19 bits per heavy atom. The minimum Gasteiger partial charge on any atom is -0.361 e. The number of aromatic nitrogens is 1. The van der Waals surface area contributed by atoms with Crippen molar-refractivity contribution in [3.05, 3.63) is 36.0 Å². The van der Waals surface area contributed by atoms with Gasteiger partial charge in [0.25, 0.3) is 0 Å². The lowest BCUT2D eigenvalue weighted by Crippen LogP contribution is -2.26. The number of hydrogen-bond acceptors (Lipinski definition) is 1. The maximum atomic E-state index is 3.58. The van der Waals surface area contributed by atoms with Gasteiger partial charge < -0.3 is 10.3 Å². The summed E-state index contributed by atoms with van der Waals surface area (Å²) in [6.07, 6.45) is 4.38. The Morgan fingerprint density at radius 3 is 2.75 bits per heavy atom. The molecule has 0 aliphatic heterocycles. The van der Waals surface area contributed by atoms with Crippen LogP contribution in [0.5, 0.6) is 0 Å². The molecule has 0 amide bonds. The van der Waals surface area contributed by atoms with E-state index in [9.17, 15) is 0 Å². The summed E-state index contributed by atoms with van der Waals surface area (Å²) in [5.41, 5.74) is 2.57. The van der Waals surface area contributed by atoms with E-state index in [1.165, 1.54) is 29.3 Å². The van der Waals surface area contributed by atoms with Gasteiger partial charge in [0.2, 0.25) is 0 Å². The molecule has 86 valence electrons. The average Bonchev–Trinajstić information content (AvgIpc) is 2.77. The van der Waals surface area contributed by atoms with Crippen molar-refractivity contribution in [2.45, 2.75) is 39.3 Å². The van der Waals surface area contributed by atoms with E-state index >= 15 is 0 Å². The summed E-state index contributed by atoms with van der Waals surface area (Å²) in [5.74, 6) is 0. The Bertz CT molecular complexity index is 441. The third-order valence-electron chi connectivity index (χ3n) is 3.20. The monoisotopic (exact) mass is 216 g/mol. The molecular formula is C14H20N2. The zero-order valence-electron chi connectivity index (χ0n) is 10.1. The van der Waals surface area contributed by atoms with E-state index in [1.54, 1.807) is 0 Å². The second-order valence-corrected chi connectivity index (χ2v) is 4.29. The molecule has 0 aliphatic rings. The van der Waals surface area contributed by atoms with Gasteiger partial charge in [0.05, 0.1) is 0 Å². The number of aromatic amines is 1. The molecule has 0 aliphatic carbocycles. The van der Waals surface area contributed by atoms with Gasteiger partial charge in [-0.25, -0.2) is 0 Å². The highest BCUT2D eigenvalue weighted by atomic mass is 14.9. The van der Waals surface area contributed by atoms with Gasteiger partial charge in [0, 0.05) is 24.3 Å². The zero-order valence-corrected chi connectivity index (χ0v) is 10.1. The lowest BCUT2D eigenvalue weighted by atomic mass is 10.1. The summed E-state index contributed by atoms with van der Waals surface area (Å²) in [5, 5.41) is 4.86. The molecule has 0 saturated heterocycles. The lowest BCUT2D eigenvalue weighted by molar-refractivity contribution is 0.484. The van der Waals surface area contributed by atoms with Crippen molar-refractivity contribution in [1.82, 2.24) is 10.3 Å². The number of nitrogens with one attached hydrogen (secondary N) is 2. The third-order valence-corrected chi connectivity index (χ3v) is 3.20. The summed E-state index contributed by atoms with van der Waals surface area (Å²) in [4.78, 5) is 3.25. The largest absolute Gasteiger partial charge is 0.361 e. The molecule has 2 N–H and O–H groups in total. The second-order valence-electron chi connectivity index (χ2n) is 4.29. The molecule has 2 rings (SSSR count). The fourth-order valence-corrected chi connectivity index (χ4v) is 2.04. The van der Waals surface area contributed by atoms with E-state index in [1.807, 2.05) is 6.20 Å². The summed E-state index contributed by atoms with van der Waals surface area (Å²) in [6.45, 7) is 5.42. The SMILES string of the molecule is CCC(CC)NCc1ccc2cc[nH]c2c1. The summed E-state index contributed by atoms with van der Waals surface area (Å²) in [7, 11) is 0. The molecule has 0 spiro atoms. The Labute approximate surface area is 97.1 Å². The van der Waals surface area contributed by atoms with Crippen LogP contribution < -0.4 is 5.32 Å². The third kappa shape index (κ3) is 2.45. The highest BCUT2D eigenvalue weighted by Crippen LogP contribution is 2.14. The highest BCUT2D eigenvalue weighted by Gasteiger charge is 2.02. The van der Waals surface area contributed by atoms with E-state index in [0.29, 0.717) is 6.04 Å². The molecule has 0 radical (unpaired) electrons. The van der Waals surface area contributed by atoms with Gasteiger partial charge in [-0.1, -0.05) is 26.0 Å². The maximum absolute atomic E-state index is 3.58. The van der Waals surface area contributed by atoms with Crippen molar-refractivity contribution >= 4 is 10.9 Å². The number of hydrogen-bond donors (Lipinski definition) is 2. The Morgan fingerprint density at radius 2 is 2.00 bits per heavy atom. The zero-order chi connectivity index (χ0) is 11.4. The van der Waals surface area contributed by atoms with Gasteiger partial charge in [0.1, 0.15) is 0 Å². The van der Waals surface area contributed by atoms with Crippen LogP contribution in [0.25, 0.3) is 10.9 Å². The van der Waals surface area contributed by atoms with Crippen LogP contribution in [-0.4, -0.2) is 11.0 Å². The van der Waals surface area contributed by atoms with Crippen LogP contribution in [0.15, 0.2) is 30.5 Å². The van der Waals surface area contributed by atoms with Crippen LogP contribution in [0.2, 0.25) is 0 Å². The van der Waals surface area contributed by atoms with Gasteiger partial charge >= 0.3 is 0 Å². The molecule has 16 heavy (non-hydrogen) atoms. The molecule has 1 aromatic heterocycles. The lowest BCUT2D eigenvalue weighted by Gasteiger charge is -2.14. The van der Waals surface area contributed by atoms with Crippen LogP contribution in [0.4, 0.5) is 0 Å². The molecule has 2 heteroatoms. The van der Waals surface area contributed by atoms with Crippen molar-refractivity contribution in [2.24, 2.45) is 0 Å². The van der Waals surface area contributed by atoms with Crippen LogP contribution in [0, 0.1) is 0 Å². The fraction of sp³-hybridized carbons (Fsp3) is 0.429. The normalized spacial score (nSPS) is 11.4. The first-order valence-corrected chi connectivity index (χ1v) is 6.13. The quantitative estimate of drug-likeness (QED) is 0.787. The number of benzene rings is 1. The van der Waals surface area contributed by atoms with Crippen LogP contribution in [0.1, 0.15) is 32.3 Å².